The third-order valence-electron chi connectivity index (χ3n) is 2.95. The van der Waals surface area contributed by atoms with E-state index in [0.717, 1.165) is 16.4 Å². The Balaban J connectivity index is 2.28. The standard InChI is InChI=1S/C14H12Cl2FNO2S/c1-18(9-10-3-2-4-13(15)14(10)16)21(19,20)12-7-5-11(17)6-8-12/h2-8H,9H2,1H3. The van der Waals surface area contributed by atoms with Crippen LogP contribution in [-0.2, 0) is 16.6 Å². The Morgan fingerprint density at radius 3 is 2.33 bits per heavy atom. The molecule has 7 heteroatoms. The van der Waals surface area contributed by atoms with Gasteiger partial charge in [0.1, 0.15) is 5.82 Å². The summed E-state index contributed by atoms with van der Waals surface area (Å²) in [5.41, 5.74) is 0.595. The van der Waals surface area contributed by atoms with Crippen molar-refractivity contribution in [3.05, 3.63) is 63.9 Å². The molecular formula is C14H12Cl2FNO2S. The molecule has 0 heterocycles. The number of nitrogens with zero attached hydrogens (tertiary/aromatic N) is 1. The van der Waals surface area contributed by atoms with Gasteiger partial charge in [-0.25, -0.2) is 12.8 Å². The number of hydrogen-bond donors (Lipinski definition) is 0. The van der Waals surface area contributed by atoms with E-state index in [2.05, 4.69) is 0 Å². The van der Waals surface area contributed by atoms with Gasteiger partial charge < -0.3 is 0 Å². The Morgan fingerprint density at radius 2 is 1.71 bits per heavy atom. The van der Waals surface area contributed by atoms with E-state index in [0.29, 0.717) is 15.6 Å². The van der Waals surface area contributed by atoms with Crippen LogP contribution in [0.3, 0.4) is 0 Å². The minimum atomic E-state index is -3.72. The molecule has 0 aliphatic carbocycles. The zero-order valence-electron chi connectivity index (χ0n) is 11.1. The zero-order valence-corrected chi connectivity index (χ0v) is 13.4. The minimum absolute atomic E-state index is 0.0181. The van der Waals surface area contributed by atoms with Gasteiger partial charge >= 0.3 is 0 Å². The maximum absolute atomic E-state index is 12.9. The molecule has 0 N–H and O–H groups in total. The topological polar surface area (TPSA) is 37.4 Å². The first kappa shape index (κ1) is 16.2. The summed E-state index contributed by atoms with van der Waals surface area (Å²) in [5.74, 6) is -0.491. The second kappa shape index (κ2) is 6.32. The number of rotatable bonds is 4. The van der Waals surface area contributed by atoms with Crippen molar-refractivity contribution < 1.29 is 12.8 Å². The normalized spacial score (nSPS) is 11.9. The number of halogens is 3. The van der Waals surface area contributed by atoms with Crippen LogP contribution in [0.2, 0.25) is 10.0 Å². The van der Waals surface area contributed by atoms with Gasteiger partial charge in [-0.2, -0.15) is 4.31 Å². The Hall–Kier alpha value is -1.14. The smallest absolute Gasteiger partial charge is 0.207 e. The van der Waals surface area contributed by atoms with E-state index in [4.69, 9.17) is 23.2 Å². The molecule has 0 aromatic heterocycles. The van der Waals surface area contributed by atoms with Gasteiger partial charge in [-0.3, -0.25) is 0 Å². The molecule has 0 saturated carbocycles. The minimum Gasteiger partial charge on any atom is -0.207 e. The van der Waals surface area contributed by atoms with Crippen molar-refractivity contribution in [2.75, 3.05) is 7.05 Å². The van der Waals surface area contributed by atoms with Gasteiger partial charge in [0.2, 0.25) is 10.0 Å². The summed E-state index contributed by atoms with van der Waals surface area (Å²) in [5, 5.41) is 0.682. The summed E-state index contributed by atoms with van der Waals surface area (Å²) < 4.78 is 38.8. The molecule has 2 aromatic rings. The Kier molecular flexibility index (Phi) is 4.88. The van der Waals surface area contributed by atoms with E-state index in [-0.39, 0.29) is 11.4 Å². The van der Waals surface area contributed by atoms with Crippen molar-refractivity contribution in [1.82, 2.24) is 4.31 Å². The summed E-state index contributed by atoms with van der Waals surface area (Å²) in [4.78, 5) is 0.0181. The molecule has 112 valence electrons. The SMILES string of the molecule is CN(Cc1cccc(Cl)c1Cl)S(=O)(=O)c1ccc(F)cc1. The molecule has 2 aromatic carbocycles. The van der Waals surface area contributed by atoms with Crippen LogP contribution in [0.1, 0.15) is 5.56 Å². The van der Waals surface area contributed by atoms with Crippen LogP contribution in [0.4, 0.5) is 4.39 Å². The van der Waals surface area contributed by atoms with Crippen molar-refractivity contribution in [2.45, 2.75) is 11.4 Å². The molecule has 0 amide bonds. The summed E-state index contributed by atoms with van der Waals surface area (Å²) in [6.45, 7) is 0.0686. The Morgan fingerprint density at radius 1 is 1.10 bits per heavy atom. The lowest BCUT2D eigenvalue weighted by atomic mass is 10.2. The first-order valence-electron chi connectivity index (χ1n) is 5.97. The first-order chi connectivity index (χ1) is 9.82. The quantitative estimate of drug-likeness (QED) is 0.839. The van der Waals surface area contributed by atoms with Gasteiger partial charge in [0, 0.05) is 13.6 Å². The third-order valence-corrected chi connectivity index (χ3v) is 5.62. The molecule has 0 aliphatic rings. The van der Waals surface area contributed by atoms with E-state index in [1.54, 1.807) is 18.2 Å². The first-order valence-corrected chi connectivity index (χ1v) is 8.17. The monoisotopic (exact) mass is 347 g/mol. The second-order valence-electron chi connectivity index (χ2n) is 4.43. The van der Waals surface area contributed by atoms with Gasteiger partial charge in [0.25, 0.3) is 0 Å². The predicted octanol–water partition coefficient (Wildman–Crippen LogP) is 3.95. The van der Waals surface area contributed by atoms with Crippen LogP contribution in [0.5, 0.6) is 0 Å². The van der Waals surface area contributed by atoms with E-state index in [1.807, 2.05) is 0 Å². The van der Waals surface area contributed by atoms with Gasteiger partial charge in [-0.15, -0.1) is 0 Å². The average Bonchev–Trinajstić information content (AvgIpc) is 2.44. The lowest BCUT2D eigenvalue weighted by molar-refractivity contribution is 0.466. The molecule has 0 spiro atoms. The third kappa shape index (κ3) is 3.55. The fraction of sp³-hybridized carbons (Fsp3) is 0.143. The molecule has 0 saturated heterocycles. The molecule has 0 unspecified atom stereocenters. The van der Waals surface area contributed by atoms with Gasteiger partial charge in [0.05, 0.1) is 14.9 Å². The maximum Gasteiger partial charge on any atom is 0.243 e. The highest BCUT2D eigenvalue weighted by Gasteiger charge is 2.22. The van der Waals surface area contributed by atoms with Crippen LogP contribution in [-0.4, -0.2) is 19.8 Å². The van der Waals surface area contributed by atoms with Crippen LogP contribution in [0, 0.1) is 5.82 Å². The molecule has 0 aliphatic heterocycles. The highest BCUT2D eigenvalue weighted by Crippen LogP contribution is 2.27. The summed E-state index contributed by atoms with van der Waals surface area (Å²) in [6.07, 6.45) is 0. The highest BCUT2D eigenvalue weighted by atomic mass is 35.5. The fourth-order valence-corrected chi connectivity index (χ4v) is 3.31. The van der Waals surface area contributed by atoms with Crippen LogP contribution < -0.4 is 0 Å². The second-order valence-corrected chi connectivity index (χ2v) is 7.26. The van der Waals surface area contributed by atoms with Crippen molar-refractivity contribution in [1.29, 1.82) is 0 Å². The van der Waals surface area contributed by atoms with Gasteiger partial charge in [0.15, 0.2) is 0 Å². The summed E-state index contributed by atoms with van der Waals surface area (Å²) >= 11 is 12.0. The van der Waals surface area contributed by atoms with E-state index in [1.165, 1.54) is 19.2 Å². The maximum atomic E-state index is 12.9. The molecule has 3 nitrogen and oxygen atoms in total. The van der Waals surface area contributed by atoms with Crippen molar-refractivity contribution in [3.63, 3.8) is 0 Å². The molecule has 0 radical (unpaired) electrons. The summed E-state index contributed by atoms with van der Waals surface area (Å²) in [7, 11) is -2.29. The summed E-state index contributed by atoms with van der Waals surface area (Å²) in [6, 6.07) is 9.68. The van der Waals surface area contributed by atoms with Gasteiger partial charge in [-0.1, -0.05) is 35.3 Å². The molecular weight excluding hydrogens is 336 g/mol. The highest BCUT2D eigenvalue weighted by molar-refractivity contribution is 7.89. The van der Waals surface area contributed by atoms with Gasteiger partial charge in [-0.05, 0) is 35.9 Å². The van der Waals surface area contributed by atoms with Crippen molar-refractivity contribution >= 4 is 33.2 Å². The fourth-order valence-electron chi connectivity index (χ4n) is 1.78. The van der Waals surface area contributed by atoms with E-state index in [9.17, 15) is 12.8 Å². The van der Waals surface area contributed by atoms with E-state index < -0.39 is 15.8 Å². The van der Waals surface area contributed by atoms with Crippen molar-refractivity contribution in [2.24, 2.45) is 0 Å². The largest absolute Gasteiger partial charge is 0.243 e. The number of hydrogen-bond acceptors (Lipinski definition) is 2. The lowest BCUT2D eigenvalue weighted by Gasteiger charge is -2.18. The average molecular weight is 348 g/mol. The van der Waals surface area contributed by atoms with E-state index >= 15 is 0 Å². The Bertz CT molecular complexity index is 748. The Labute approximate surface area is 133 Å². The van der Waals surface area contributed by atoms with Crippen LogP contribution in [0.25, 0.3) is 0 Å². The molecule has 2 rings (SSSR count). The van der Waals surface area contributed by atoms with Crippen molar-refractivity contribution in [3.8, 4) is 0 Å². The lowest BCUT2D eigenvalue weighted by Crippen LogP contribution is -2.26. The zero-order chi connectivity index (χ0) is 15.6. The molecule has 0 bridgehead atoms. The number of benzene rings is 2. The molecule has 0 fully saturated rings. The number of sulfonamides is 1. The predicted molar refractivity (Wildman–Crippen MR) is 81.5 cm³/mol. The van der Waals surface area contributed by atoms with Crippen LogP contribution >= 0.6 is 23.2 Å². The molecule has 21 heavy (non-hydrogen) atoms. The molecule has 0 atom stereocenters. The van der Waals surface area contributed by atoms with Crippen LogP contribution in [0.15, 0.2) is 47.4 Å².